The van der Waals surface area contributed by atoms with E-state index >= 15 is 0 Å². The summed E-state index contributed by atoms with van der Waals surface area (Å²) in [7, 11) is -3.73. The predicted octanol–water partition coefficient (Wildman–Crippen LogP) is 1.00. The Morgan fingerprint density at radius 2 is 2.16 bits per heavy atom. The first-order valence-electron chi connectivity index (χ1n) is 5.88. The van der Waals surface area contributed by atoms with Gasteiger partial charge < -0.3 is 10.1 Å². The fourth-order valence-corrected chi connectivity index (χ4v) is 3.28. The van der Waals surface area contributed by atoms with Crippen molar-refractivity contribution in [1.82, 2.24) is 14.7 Å². The number of hydrogen-bond acceptors (Lipinski definition) is 4. The zero-order chi connectivity index (χ0) is 14.3. The summed E-state index contributed by atoms with van der Waals surface area (Å²) in [5, 5.41) is 10.1. The molecule has 0 amide bonds. The highest BCUT2D eigenvalue weighted by Crippen LogP contribution is 2.22. The van der Waals surface area contributed by atoms with Crippen LogP contribution in [0.5, 0.6) is 0 Å². The quantitative estimate of drug-likeness (QED) is 0.780. The normalized spacial score (nSPS) is 14.7. The number of aliphatic hydroxyl groups is 1. The van der Waals surface area contributed by atoms with Gasteiger partial charge in [0, 0.05) is 17.8 Å². The summed E-state index contributed by atoms with van der Waals surface area (Å²) in [5.41, 5.74) is -0.442. The summed E-state index contributed by atoms with van der Waals surface area (Å²) in [6, 6.07) is 3.36. The number of aromatic nitrogens is 2. The molecule has 2 rings (SSSR count). The van der Waals surface area contributed by atoms with E-state index in [0.29, 0.717) is 11.0 Å². The van der Waals surface area contributed by atoms with Gasteiger partial charge in [0.15, 0.2) is 0 Å². The first-order valence-corrected chi connectivity index (χ1v) is 7.36. The molecule has 0 fully saturated rings. The van der Waals surface area contributed by atoms with Crippen LogP contribution in [0.3, 0.4) is 0 Å². The van der Waals surface area contributed by atoms with Gasteiger partial charge in [0.2, 0.25) is 10.0 Å². The lowest BCUT2D eigenvalue weighted by molar-refractivity contribution is 0.111. The number of aromatic amines is 1. The Morgan fingerprint density at radius 1 is 1.47 bits per heavy atom. The number of hydrogen-bond donors (Lipinski definition) is 3. The number of sulfonamides is 1. The maximum Gasteiger partial charge on any atom is 0.243 e. The van der Waals surface area contributed by atoms with E-state index in [-0.39, 0.29) is 4.90 Å². The Hall–Kier alpha value is -1.44. The molecule has 0 saturated heterocycles. The van der Waals surface area contributed by atoms with Crippen molar-refractivity contribution in [1.29, 1.82) is 0 Å². The summed E-state index contributed by atoms with van der Waals surface area (Å²) < 4.78 is 27.2. The maximum atomic E-state index is 12.4. The Labute approximate surface area is 111 Å². The molecular formula is C12H17N3O3S. The van der Waals surface area contributed by atoms with Crippen LogP contribution in [0.1, 0.15) is 20.8 Å². The summed E-state index contributed by atoms with van der Waals surface area (Å²) in [4.78, 5) is 7.00. The average Bonchev–Trinajstić information content (AvgIpc) is 2.71. The molecule has 3 N–H and O–H groups in total. The van der Waals surface area contributed by atoms with Crippen molar-refractivity contribution in [2.75, 3.05) is 0 Å². The minimum Gasteiger partial charge on any atom is -0.391 e. The zero-order valence-corrected chi connectivity index (χ0v) is 11.8. The first-order chi connectivity index (χ1) is 8.74. The summed E-state index contributed by atoms with van der Waals surface area (Å²) in [6.45, 7) is 4.80. The Balaban J connectivity index is 2.46. The number of fused-ring (bicyclic) bond motifs is 1. The average molecular weight is 283 g/mol. The van der Waals surface area contributed by atoms with Gasteiger partial charge in [-0.1, -0.05) is 0 Å². The van der Waals surface area contributed by atoms with Crippen LogP contribution in [0.25, 0.3) is 11.0 Å². The van der Waals surface area contributed by atoms with E-state index in [4.69, 9.17) is 0 Å². The van der Waals surface area contributed by atoms with Crippen LogP contribution in [-0.2, 0) is 10.0 Å². The minimum absolute atomic E-state index is 0.129. The number of rotatable bonds is 4. The molecule has 6 nitrogen and oxygen atoms in total. The lowest BCUT2D eigenvalue weighted by Crippen LogP contribution is -2.50. The van der Waals surface area contributed by atoms with Gasteiger partial charge in [-0.3, -0.25) is 0 Å². The topological polar surface area (TPSA) is 95.1 Å². The van der Waals surface area contributed by atoms with Gasteiger partial charge in [-0.15, -0.1) is 0 Å². The SMILES string of the molecule is CC(O)C(C)(C)NS(=O)(=O)c1c[nH]c2ncccc12. The molecule has 7 heteroatoms. The summed E-state index contributed by atoms with van der Waals surface area (Å²) >= 11 is 0. The second-order valence-corrected chi connectivity index (χ2v) is 6.71. The van der Waals surface area contributed by atoms with E-state index < -0.39 is 21.7 Å². The Morgan fingerprint density at radius 3 is 2.79 bits per heavy atom. The second-order valence-electron chi connectivity index (χ2n) is 5.06. The van der Waals surface area contributed by atoms with Gasteiger partial charge in [-0.25, -0.2) is 18.1 Å². The fraction of sp³-hybridized carbons (Fsp3) is 0.417. The van der Waals surface area contributed by atoms with Crippen molar-refractivity contribution < 1.29 is 13.5 Å². The van der Waals surface area contributed by atoms with Crippen molar-refractivity contribution in [3.05, 3.63) is 24.5 Å². The molecule has 0 aliphatic rings. The molecule has 2 aromatic heterocycles. The van der Waals surface area contributed by atoms with Gasteiger partial charge in [0.1, 0.15) is 10.5 Å². The van der Waals surface area contributed by atoms with Crippen LogP contribution in [0.15, 0.2) is 29.4 Å². The van der Waals surface area contributed by atoms with Gasteiger partial charge in [0.25, 0.3) is 0 Å². The highest BCUT2D eigenvalue weighted by Gasteiger charge is 2.31. The molecule has 0 radical (unpaired) electrons. The monoisotopic (exact) mass is 283 g/mol. The zero-order valence-electron chi connectivity index (χ0n) is 11.0. The fourth-order valence-electron chi connectivity index (χ4n) is 1.64. The number of H-pyrrole nitrogens is 1. The van der Waals surface area contributed by atoms with Crippen molar-refractivity contribution in [2.45, 2.75) is 37.3 Å². The van der Waals surface area contributed by atoms with Gasteiger partial charge in [-0.2, -0.15) is 0 Å². The molecule has 2 heterocycles. The lowest BCUT2D eigenvalue weighted by atomic mass is 10.0. The molecule has 1 unspecified atom stereocenters. The highest BCUT2D eigenvalue weighted by molar-refractivity contribution is 7.89. The third-order valence-corrected chi connectivity index (χ3v) is 4.86. The Kier molecular flexibility index (Phi) is 3.38. The maximum absolute atomic E-state index is 12.4. The third-order valence-electron chi connectivity index (χ3n) is 3.14. The van der Waals surface area contributed by atoms with Crippen LogP contribution in [0.2, 0.25) is 0 Å². The largest absolute Gasteiger partial charge is 0.391 e. The standard InChI is InChI=1S/C12H17N3O3S/c1-8(16)12(2,3)15-19(17,18)10-7-14-11-9(10)5-4-6-13-11/h4-8,15-16H,1-3H3,(H,13,14). The van der Waals surface area contributed by atoms with Crippen molar-refractivity contribution in [2.24, 2.45) is 0 Å². The van der Waals surface area contributed by atoms with Gasteiger partial charge in [0.05, 0.1) is 11.6 Å². The van der Waals surface area contributed by atoms with E-state index in [1.807, 2.05) is 0 Å². The van der Waals surface area contributed by atoms with Crippen LogP contribution in [-0.4, -0.2) is 35.1 Å². The molecule has 1 atom stereocenters. The number of aliphatic hydroxyl groups excluding tert-OH is 1. The molecule has 2 aromatic rings. The van der Waals surface area contributed by atoms with E-state index in [9.17, 15) is 13.5 Å². The molecule has 19 heavy (non-hydrogen) atoms. The van der Waals surface area contributed by atoms with E-state index in [0.717, 1.165) is 0 Å². The molecule has 104 valence electrons. The van der Waals surface area contributed by atoms with Crippen LogP contribution in [0.4, 0.5) is 0 Å². The lowest BCUT2D eigenvalue weighted by Gasteiger charge is -2.28. The third kappa shape index (κ3) is 2.63. The van der Waals surface area contributed by atoms with E-state index in [1.165, 1.54) is 6.20 Å². The molecule has 0 aliphatic carbocycles. The predicted molar refractivity (Wildman–Crippen MR) is 72.2 cm³/mol. The number of nitrogens with one attached hydrogen (secondary N) is 2. The molecule has 0 saturated carbocycles. The Bertz CT molecular complexity index is 689. The molecule has 0 spiro atoms. The molecule has 0 aromatic carbocycles. The van der Waals surface area contributed by atoms with Crippen molar-refractivity contribution >= 4 is 21.1 Å². The van der Waals surface area contributed by atoms with Crippen LogP contribution in [0, 0.1) is 0 Å². The van der Waals surface area contributed by atoms with E-state index in [2.05, 4.69) is 14.7 Å². The summed E-state index contributed by atoms with van der Waals surface area (Å²) in [5.74, 6) is 0. The first kappa shape index (κ1) is 14.0. The van der Waals surface area contributed by atoms with Crippen molar-refractivity contribution in [3.63, 3.8) is 0 Å². The molecule has 0 aliphatic heterocycles. The molecular weight excluding hydrogens is 266 g/mol. The highest BCUT2D eigenvalue weighted by atomic mass is 32.2. The van der Waals surface area contributed by atoms with E-state index in [1.54, 1.807) is 39.1 Å². The van der Waals surface area contributed by atoms with Gasteiger partial charge in [-0.05, 0) is 32.9 Å². The number of nitrogens with zero attached hydrogens (tertiary/aromatic N) is 1. The van der Waals surface area contributed by atoms with Gasteiger partial charge >= 0.3 is 0 Å². The minimum atomic E-state index is -3.73. The van der Waals surface area contributed by atoms with Crippen LogP contribution < -0.4 is 4.72 Å². The summed E-state index contributed by atoms with van der Waals surface area (Å²) in [6.07, 6.45) is 2.17. The van der Waals surface area contributed by atoms with Crippen LogP contribution >= 0.6 is 0 Å². The molecule has 0 bridgehead atoms. The van der Waals surface area contributed by atoms with Crippen molar-refractivity contribution in [3.8, 4) is 0 Å². The number of pyridine rings is 1. The second kappa shape index (κ2) is 4.59. The smallest absolute Gasteiger partial charge is 0.243 e.